The molecule has 10 heteroatoms. The number of rotatable bonds is 15. The van der Waals surface area contributed by atoms with Crippen LogP contribution < -0.4 is 10.1 Å². The number of nitrogens with zero attached hydrogens (tertiary/aromatic N) is 1. The van der Waals surface area contributed by atoms with Crippen molar-refractivity contribution in [2.24, 2.45) is 0 Å². The third-order valence-electron chi connectivity index (χ3n) is 6.56. The Morgan fingerprint density at radius 1 is 0.907 bits per heavy atom. The molecule has 2 N–H and O–H groups in total. The number of pyridine rings is 1. The zero-order valence-corrected chi connectivity index (χ0v) is 24.4. The summed E-state index contributed by atoms with van der Waals surface area (Å²) in [6.45, 7) is 7.02. The zero-order chi connectivity index (χ0) is 30.8. The van der Waals surface area contributed by atoms with Gasteiger partial charge in [0.25, 0.3) is 5.91 Å². The Morgan fingerprint density at radius 3 is 2.40 bits per heavy atom. The summed E-state index contributed by atoms with van der Waals surface area (Å²) in [4.78, 5) is 32.4. The topological polar surface area (TPSA) is 103 Å². The quantitative estimate of drug-likeness (QED) is 0.157. The Hall–Kier alpha value is -4.41. The molecule has 43 heavy (non-hydrogen) atoms. The molecule has 8 nitrogen and oxygen atoms in total. The normalized spacial score (nSPS) is 11.1. The Kier molecular flexibility index (Phi) is 11.1. The van der Waals surface area contributed by atoms with Gasteiger partial charge < -0.3 is 24.5 Å². The fraction of sp³-hybridized carbons (Fsp3) is 0.303. The van der Waals surface area contributed by atoms with Crippen LogP contribution in [-0.4, -0.2) is 47.7 Å². The van der Waals surface area contributed by atoms with Crippen LogP contribution in [0.1, 0.15) is 47.4 Å². The van der Waals surface area contributed by atoms with Crippen LogP contribution in [0.2, 0.25) is 0 Å². The van der Waals surface area contributed by atoms with Gasteiger partial charge in [-0.2, -0.15) is 0 Å². The maximum absolute atomic E-state index is 14.9. The molecule has 0 aliphatic carbocycles. The van der Waals surface area contributed by atoms with Crippen LogP contribution in [0.15, 0.2) is 67.0 Å². The van der Waals surface area contributed by atoms with Crippen molar-refractivity contribution in [1.82, 2.24) is 15.3 Å². The van der Waals surface area contributed by atoms with Crippen molar-refractivity contribution in [2.45, 2.75) is 46.3 Å². The van der Waals surface area contributed by atoms with E-state index in [-0.39, 0.29) is 42.1 Å². The van der Waals surface area contributed by atoms with Gasteiger partial charge in [-0.05, 0) is 56.2 Å². The van der Waals surface area contributed by atoms with E-state index in [0.717, 1.165) is 5.56 Å². The number of Topliss-reactive ketones (excluding diaryl/α,β-unsaturated/α-hetero) is 1. The summed E-state index contributed by atoms with van der Waals surface area (Å²) in [5, 5.41) is 2.84. The lowest BCUT2D eigenvalue weighted by Crippen LogP contribution is -2.29. The van der Waals surface area contributed by atoms with E-state index in [0.29, 0.717) is 54.4 Å². The molecule has 0 aliphatic rings. The van der Waals surface area contributed by atoms with Crippen molar-refractivity contribution in [3.05, 3.63) is 101 Å². The van der Waals surface area contributed by atoms with Crippen LogP contribution in [0, 0.1) is 18.6 Å². The summed E-state index contributed by atoms with van der Waals surface area (Å²) in [6, 6.07) is 13.8. The number of amides is 1. The molecule has 0 unspecified atom stereocenters. The number of benzene rings is 2. The number of carbonyl (C=O) groups is 2. The minimum atomic E-state index is -0.597. The van der Waals surface area contributed by atoms with Gasteiger partial charge in [-0.1, -0.05) is 23.8 Å². The molecular formula is C33H35F2N3O5. The molecule has 4 aromatic rings. The minimum absolute atomic E-state index is 0.115. The van der Waals surface area contributed by atoms with E-state index in [9.17, 15) is 18.4 Å². The molecule has 0 aliphatic heterocycles. The summed E-state index contributed by atoms with van der Waals surface area (Å²) >= 11 is 0. The van der Waals surface area contributed by atoms with E-state index >= 15 is 0 Å². The number of ketones is 1. The van der Waals surface area contributed by atoms with Gasteiger partial charge in [0.15, 0.2) is 6.29 Å². The second-order valence-electron chi connectivity index (χ2n) is 9.91. The summed E-state index contributed by atoms with van der Waals surface area (Å²) in [5.74, 6) is -0.974. The van der Waals surface area contributed by atoms with E-state index in [2.05, 4.69) is 15.3 Å². The second-order valence-corrected chi connectivity index (χ2v) is 9.91. The van der Waals surface area contributed by atoms with E-state index in [4.69, 9.17) is 14.2 Å². The lowest BCUT2D eigenvalue weighted by molar-refractivity contribution is -0.138. The Bertz CT molecular complexity index is 1550. The number of aryl methyl sites for hydroxylation is 1. The maximum atomic E-state index is 14.9. The number of nitrogens with one attached hydrogen (secondary N) is 2. The molecule has 0 spiro atoms. The molecule has 4 rings (SSSR count). The highest BCUT2D eigenvalue weighted by atomic mass is 19.1. The largest absolute Gasteiger partial charge is 0.457 e. The van der Waals surface area contributed by atoms with E-state index in [1.807, 2.05) is 20.8 Å². The first-order chi connectivity index (χ1) is 20.7. The predicted octanol–water partition coefficient (Wildman–Crippen LogP) is 6.33. The fourth-order valence-corrected chi connectivity index (χ4v) is 4.49. The van der Waals surface area contributed by atoms with Crippen molar-refractivity contribution in [1.29, 1.82) is 0 Å². The summed E-state index contributed by atoms with van der Waals surface area (Å²) in [6.07, 6.45) is 3.08. The molecule has 0 fully saturated rings. The van der Waals surface area contributed by atoms with Gasteiger partial charge in [0.2, 0.25) is 0 Å². The predicted molar refractivity (Wildman–Crippen MR) is 158 cm³/mol. The lowest BCUT2D eigenvalue weighted by Gasteiger charge is -2.16. The molecule has 0 saturated heterocycles. The number of aromatic amines is 1. The van der Waals surface area contributed by atoms with Crippen molar-refractivity contribution in [3.8, 4) is 22.8 Å². The van der Waals surface area contributed by atoms with Crippen molar-refractivity contribution >= 4 is 11.7 Å². The molecule has 0 bridgehead atoms. The molecule has 0 radical (unpaired) electrons. The highest BCUT2D eigenvalue weighted by Crippen LogP contribution is 2.28. The van der Waals surface area contributed by atoms with Gasteiger partial charge >= 0.3 is 0 Å². The number of carbonyl (C=O) groups excluding carboxylic acids is 2. The minimum Gasteiger partial charge on any atom is -0.457 e. The highest BCUT2D eigenvalue weighted by molar-refractivity contribution is 5.93. The number of halogens is 2. The first-order valence-corrected chi connectivity index (χ1v) is 14.1. The number of ether oxygens (including phenoxy) is 3. The van der Waals surface area contributed by atoms with Crippen LogP contribution in [-0.2, 0) is 27.1 Å². The number of H-pyrrole nitrogens is 1. The van der Waals surface area contributed by atoms with Gasteiger partial charge in [0, 0.05) is 69.1 Å². The highest BCUT2D eigenvalue weighted by Gasteiger charge is 2.15. The average Bonchev–Trinajstić information content (AvgIpc) is 3.48. The number of hydrogen-bond acceptors (Lipinski definition) is 6. The van der Waals surface area contributed by atoms with Gasteiger partial charge in [-0.25, -0.2) is 8.78 Å². The van der Waals surface area contributed by atoms with Crippen LogP contribution in [0.5, 0.6) is 11.5 Å². The summed E-state index contributed by atoms with van der Waals surface area (Å²) < 4.78 is 45.7. The van der Waals surface area contributed by atoms with Crippen molar-refractivity contribution < 1.29 is 32.6 Å². The molecule has 0 saturated carbocycles. The van der Waals surface area contributed by atoms with Crippen LogP contribution in [0.25, 0.3) is 11.3 Å². The van der Waals surface area contributed by atoms with Gasteiger partial charge in [-0.15, -0.1) is 0 Å². The third kappa shape index (κ3) is 9.04. The number of aromatic nitrogens is 2. The van der Waals surface area contributed by atoms with Crippen LogP contribution in [0.3, 0.4) is 0 Å². The van der Waals surface area contributed by atoms with Crippen LogP contribution in [0.4, 0.5) is 8.78 Å². The average molecular weight is 592 g/mol. The molecule has 0 atom stereocenters. The Labute approximate surface area is 249 Å². The summed E-state index contributed by atoms with van der Waals surface area (Å²) in [7, 11) is 0. The molecule has 226 valence electrons. The monoisotopic (exact) mass is 591 g/mol. The third-order valence-corrected chi connectivity index (χ3v) is 6.56. The molecular weight excluding hydrogens is 556 g/mol. The standard InChI is InChI=1S/C33H35F2N3O5/c1-4-41-32(42-5-2)11-13-37-33(40)31-17-24(20-38-31)30-19-27(10-12-36-30)43-26-8-7-22(29(35)18-26)15-25(39)16-23-14-21(3)6-9-28(23)34/h6-10,12,14,17-20,32,38H,4-5,11,13,15-16H2,1-3H3,(H,37,40). The number of hydrogen-bond donors (Lipinski definition) is 2. The Balaban J connectivity index is 1.35. The SMILES string of the molecule is CCOC(CCNC(=O)c1cc(-c2cc(Oc3ccc(CC(=O)Cc4cc(C)ccc4F)c(F)c3)ccn2)c[nH]1)OCC. The van der Waals surface area contributed by atoms with Gasteiger partial charge in [-0.3, -0.25) is 14.6 Å². The molecule has 1 amide bonds. The van der Waals surface area contributed by atoms with E-state index in [1.54, 1.807) is 48.8 Å². The van der Waals surface area contributed by atoms with Crippen molar-refractivity contribution in [2.75, 3.05) is 19.8 Å². The fourth-order valence-electron chi connectivity index (χ4n) is 4.49. The first kappa shape index (κ1) is 31.5. The first-order valence-electron chi connectivity index (χ1n) is 14.1. The van der Waals surface area contributed by atoms with Gasteiger partial charge in [0.05, 0.1) is 5.69 Å². The molecule has 2 aromatic carbocycles. The maximum Gasteiger partial charge on any atom is 0.267 e. The molecule has 2 aromatic heterocycles. The second kappa shape index (κ2) is 15.2. The van der Waals surface area contributed by atoms with Crippen molar-refractivity contribution in [3.63, 3.8) is 0 Å². The van der Waals surface area contributed by atoms with Crippen LogP contribution >= 0.6 is 0 Å². The smallest absolute Gasteiger partial charge is 0.267 e. The Morgan fingerprint density at radius 2 is 1.65 bits per heavy atom. The van der Waals surface area contributed by atoms with E-state index < -0.39 is 11.6 Å². The molecule has 2 heterocycles. The zero-order valence-electron chi connectivity index (χ0n) is 24.4. The summed E-state index contributed by atoms with van der Waals surface area (Å²) in [5.41, 5.74) is 2.92. The van der Waals surface area contributed by atoms with E-state index in [1.165, 1.54) is 18.2 Å². The lowest BCUT2D eigenvalue weighted by atomic mass is 10.0. The van der Waals surface area contributed by atoms with Gasteiger partial charge in [0.1, 0.15) is 34.6 Å².